The molecule has 0 atom stereocenters. The van der Waals surface area contributed by atoms with E-state index in [1.54, 1.807) is 0 Å². The quantitative estimate of drug-likeness (QED) is 0.729. The first-order valence-electron chi connectivity index (χ1n) is 5.49. The molecule has 1 heterocycles. The van der Waals surface area contributed by atoms with Crippen LogP contribution in [-0.4, -0.2) is 19.0 Å². The van der Waals surface area contributed by atoms with Crippen molar-refractivity contribution in [3.63, 3.8) is 0 Å². The molecule has 3 heteroatoms. The number of ketones is 1. The van der Waals surface area contributed by atoms with Crippen LogP contribution in [0.15, 0.2) is 12.1 Å². The molecular weight excluding hydrogens is 204 g/mol. The molecule has 1 aromatic carbocycles. The smallest absolute Gasteiger partial charge is 0.207 e. The van der Waals surface area contributed by atoms with Crippen molar-refractivity contribution in [2.24, 2.45) is 0 Å². The lowest BCUT2D eigenvalue weighted by Crippen LogP contribution is -2.15. The number of rotatable bonds is 1. The fraction of sp³-hybridized carbons (Fsp3) is 0.462. The molecule has 0 fully saturated rings. The van der Waals surface area contributed by atoms with Crippen LogP contribution in [0.25, 0.3) is 0 Å². The standard InChI is InChI=1S/C13H16O3/c1-8(2)10-4-9(3)13-12(5-10)15-6-11(14)7-16-13/h4-5,8H,6-7H2,1-3H3. The molecular formula is C13H16O3. The van der Waals surface area contributed by atoms with E-state index in [1.807, 2.05) is 13.0 Å². The van der Waals surface area contributed by atoms with Crippen molar-refractivity contribution in [3.8, 4) is 11.5 Å². The second-order valence-corrected chi connectivity index (χ2v) is 4.44. The number of hydrogen-bond donors (Lipinski definition) is 0. The molecule has 0 saturated carbocycles. The summed E-state index contributed by atoms with van der Waals surface area (Å²) in [4.78, 5) is 11.2. The fourth-order valence-corrected chi connectivity index (χ4v) is 1.75. The van der Waals surface area contributed by atoms with Crippen molar-refractivity contribution < 1.29 is 14.3 Å². The molecule has 0 bridgehead atoms. The molecule has 0 spiro atoms. The van der Waals surface area contributed by atoms with Crippen LogP contribution in [-0.2, 0) is 4.79 Å². The zero-order valence-electron chi connectivity index (χ0n) is 9.87. The Hall–Kier alpha value is -1.51. The molecule has 0 unspecified atom stereocenters. The number of hydrogen-bond acceptors (Lipinski definition) is 3. The zero-order chi connectivity index (χ0) is 11.7. The van der Waals surface area contributed by atoms with Crippen LogP contribution in [0.3, 0.4) is 0 Å². The minimum absolute atomic E-state index is 0.0262. The van der Waals surface area contributed by atoms with Gasteiger partial charge in [0.05, 0.1) is 0 Å². The van der Waals surface area contributed by atoms with E-state index in [2.05, 4.69) is 19.9 Å². The minimum Gasteiger partial charge on any atom is -0.482 e. The molecule has 16 heavy (non-hydrogen) atoms. The van der Waals surface area contributed by atoms with Crippen molar-refractivity contribution in [1.82, 2.24) is 0 Å². The van der Waals surface area contributed by atoms with Crippen molar-refractivity contribution in [2.75, 3.05) is 13.2 Å². The highest BCUT2D eigenvalue weighted by molar-refractivity contribution is 5.82. The topological polar surface area (TPSA) is 35.5 Å². The monoisotopic (exact) mass is 220 g/mol. The number of benzene rings is 1. The predicted molar refractivity (Wildman–Crippen MR) is 61.3 cm³/mol. The van der Waals surface area contributed by atoms with Gasteiger partial charge in [-0.2, -0.15) is 0 Å². The molecule has 1 aromatic rings. The van der Waals surface area contributed by atoms with Crippen LogP contribution in [0.5, 0.6) is 11.5 Å². The number of ether oxygens (including phenoxy) is 2. The number of carbonyl (C=O) groups is 1. The number of Topliss-reactive ketones (excluding diaryl/α,β-unsaturated/α-hetero) is 1. The molecule has 1 aliphatic rings. The van der Waals surface area contributed by atoms with E-state index in [-0.39, 0.29) is 19.0 Å². The van der Waals surface area contributed by atoms with Gasteiger partial charge >= 0.3 is 0 Å². The van der Waals surface area contributed by atoms with Crippen LogP contribution < -0.4 is 9.47 Å². The van der Waals surface area contributed by atoms with Gasteiger partial charge in [-0.25, -0.2) is 0 Å². The number of carbonyl (C=O) groups excluding carboxylic acids is 1. The summed E-state index contributed by atoms with van der Waals surface area (Å²) in [5, 5.41) is 0. The van der Waals surface area contributed by atoms with E-state index >= 15 is 0 Å². The van der Waals surface area contributed by atoms with Crippen molar-refractivity contribution in [3.05, 3.63) is 23.3 Å². The van der Waals surface area contributed by atoms with Gasteiger partial charge in [0.2, 0.25) is 5.78 Å². The SMILES string of the molecule is Cc1cc(C(C)C)cc2c1OCC(=O)CO2. The van der Waals surface area contributed by atoms with Crippen molar-refractivity contribution in [2.45, 2.75) is 26.7 Å². The van der Waals surface area contributed by atoms with Gasteiger partial charge in [0.25, 0.3) is 0 Å². The molecule has 3 nitrogen and oxygen atoms in total. The van der Waals surface area contributed by atoms with Crippen molar-refractivity contribution in [1.29, 1.82) is 0 Å². The molecule has 0 aromatic heterocycles. The molecule has 1 aliphatic heterocycles. The highest BCUT2D eigenvalue weighted by Crippen LogP contribution is 2.35. The molecule has 86 valence electrons. The van der Waals surface area contributed by atoms with Crippen LogP contribution in [0.4, 0.5) is 0 Å². The predicted octanol–water partition coefficient (Wildman–Crippen LogP) is 2.46. The van der Waals surface area contributed by atoms with Gasteiger partial charge in [0, 0.05) is 0 Å². The Morgan fingerprint density at radius 2 is 1.88 bits per heavy atom. The maximum absolute atomic E-state index is 11.2. The Kier molecular flexibility index (Phi) is 2.86. The molecule has 0 amide bonds. The summed E-state index contributed by atoms with van der Waals surface area (Å²) in [6.07, 6.45) is 0. The Morgan fingerprint density at radius 1 is 1.19 bits per heavy atom. The van der Waals surface area contributed by atoms with Crippen molar-refractivity contribution >= 4 is 5.78 Å². The second-order valence-electron chi connectivity index (χ2n) is 4.44. The van der Waals surface area contributed by atoms with Gasteiger partial charge in [0.1, 0.15) is 0 Å². The lowest BCUT2D eigenvalue weighted by molar-refractivity contribution is -0.122. The van der Waals surface area contributed by atoms with E-state index in [9.17, 15) is 4.79 Å². The normalized spacial score (nSPS) is 15.1. The summed E-state index contributed by atoms with van der Waals surface area (Å²) in [7, 11) is 0. The average molecular weight is 220 g/mol. The van der Waals surface area contributed by atoms with Crippen LogP contribution in [0, 0.1) is 6.92 Å². The first-order chi connectivity index (χ1) is 7.58. The highest BCUT2D eigenvalue weighted by atomic mass is 16.5. The van der Waals surface area contributed by atoms with E-state index < -0.39 is 0 Å². The van der Waals surface area contributed by atoms with Crippen LogP contribution in [0.1, 0.15) is 30.9 Å². The maximum atomic E-state index is 11.2. The lowest BCUT2D eigenvalue weighted by atomic mass is 10.00. The van der Waals surface area contributed by atoms with E-state index in [1.165, 1.54) is 5.56 Å². The highest BCUT2D eigenvalue weighted by Gasteiger charge is 2.18. The van der Waals surface area contributed by atoms with Crippen LogP contribution in [0.2, 0.25) is 0 Å². The van der Waals surface area contributed by atoms with E-state index in [4.69, 9.17) is 9.47 Å². The summed E-state index contributed by atoms with van der Waals surface area (Å²) in [6, 6.07) is 4.05. The van der Waals surface area contributed by atoms with Gasteiger partial charge in [-0.1, -0.05) is 19.9 Å². The summed E-state index contributed by atoms with van der Waals surface area (Å²) in [5.74, 6) is 1.80. The zero-order valence-corrected chi connectivity index (χ0v) is 9.87. The first-order valence-corrected chi connectivity index (χ1v) is 5.49. The summed E-state index contributed by atoms with van der Waals surface area (Å²) in [5.41, 5.74) is 2.23. The van der Waals surface area contributed by atoms with E-state index in [0.29, 0.717) is 17.4 Å². The maximum Gasteiger partial charge on any atom is 0.207 e. The van der Waals surface area contributed by atoms with Gasteiger partial charge in [-0.05, 0) is 30.0 Å². The number of aryl methyl sites for hydroxylation is 1. The molecule has 0 radical (unpaired) electrons. The third-order valence-corrected chi connectivity index (χ3v) is 2.70. The third kappa shape index (κ3) is 2.03. The Labute approximate surface area is 95.4 Å². The molecule has 0 aliphatic carbocycles. The summed E-state index contributed by atoms with van der Waals surface area (Å²) >= 11 is 0. The minimum atomic E-state index is -0.0262. The van der Waals surface area contributed by atoms with Crippen LogP contribution >= 0.6 is 0 Å². The van der Waals surface area contributed by atoms with Gasteiger partial charge in [-0.3, -0.25) is 4.79 Å². The first kappa shape index (κ1) is 11.0. The van der Waals surface area contributed by atoms with Gasteiger partial charge < -0.3 is 9.47 Å². The summed E-state index contributed by atoms with van der Waals surface area (Å²) in [6.45, 7) is 6.44. The average Bonchev–Trinajstić information content (AvgIpc) is 2.41. The van der Waals surface area contributed by atoms with Gasteiger partial charge in [0.15, 0.2) is 24.7 Å². The molecule has 0 saturated heterocycles. The molecule has 0 N–H and O–H groups in total. The van der Waals surface area contributed by atoms with Gasteiger partial charge in [-0.15, -0.1) is 0 Å². The second kappa shape index (κ2) is 4.16. The third-order valence-electron chi connectivity index (χ3n) is 2.70. The Morgan fingerprint density at radius 3 is 2.56 bits per heavy atom. The number of fused-ring (bicyclic) bond motifs is 1. The summed E-state index contributed by atoms with van der Waals surface area (Å²) < 4.78 is 10.9. The van der Waals surface area contributed by atoms with E-state index in [0.717, 1.165) is 5.56 Å². The largest absolute Gasteiger partial charge is 0.482 e. The Bertz CT molecular complexity index is 421. The fourth-order valence-electron chi connectivity index (χ4n) is 1.75. The Balaban J connectivity index is 2.43. The molecule has 2 rings (SSSR count). The lowest BCUT2D eigenvalue weighted by Gasteiger charge is -2.13.